The second-order valence-corrected chi connectivity index (χ2v) is 10.9. The van der Waals surface area contributed by atoms with Gasteiger partial charge in [-0.2, -0.15) is 0 Å². The molecule has 3 aromatic carbocycles. The summed E-state index contributed by atoms with van der Waals surface area (Å²) in [5.41, 5.74) is 4.60. The van der Waals surface area contributed by atoms with Crippen LogP contribution in [0.5, 0.6) is 5.75 Å². The highest BCUT2D eigenvalue weighted by Gasteiger charge is 2.28. The van der Waals surface area contributed by atoms with Gasteiger partial charge in [0.25, 0.3) is 5.91 Å². The Bertz CT molecular complexity index is 1100. The summed E-state index contributed by atoms with van der Waals surface area (Å²) in [5, 5.41) is 4.27. The van der Waals surface area contributed by atoms with Crippen LogP contribution in [-0.2, 0) is 19.4 Å². The van der Waals surface area contributed by atoms with Crippen molar-refractivity contribution in [3.8, 4) is 5.75 Å². The van der Waals surface area contributed by atoms with Crippen LogP contribution in [-0.4, -0.2) is 35.6 Å². The Balaban J connectivity index is 1.44. The molecule has 1 aliphatic heterocycles. The number of unbranched alkanes of at least 4 members (excludes halogenated alkanes) is 3. The van der Waals surface area contributed by atoms with Crippen molar-refractivity contribution in [3.63, 3.8) is 0 Å². The van der Waals surface area contributed by atoms with Crippen LogP contribution in [0.3, 0.4) is 0 Å². The minimum Gasteiger partial charge on any atom is -0.494 e. The molecule has 3 aromatic rings. The monoisotopic (exact) mass is 526 g/mol. The number of ether oxygens (including phenoxy) is 1. The molecule has 0 spiro atoms. The second kappa shape index (κ2) is 15.5. The number of nitrogens with zero attached hydrogens (tertiary/aromatic N) is 2. The number of carbonyl (C=O) groups excluding carboxylic acids is 1. The Morgan fingerprint density at radius 2 is 1.46 bits per heavy atom. The summed E-state index contributed by atoms with van der Waals surface area (Å²) in [5.74, 6) is 1.63. The average molecular weight is 527 g/mol. The molecule has 0 aromatic heterocycles. The Morgan fingerprint density at radius 3 is 2.13 bits per heavy atom. The van der Waals surface area contributed by atoms with E-state index in [0.29, 0.717) is 12.5 Å². The van der Waals surface area contributed by atoms with Gasteiger partial charge in [0.15, 0.2) is 0 Å². The van der Waals surface area contributed by atoms with E-state index >= 15 is 0 Å². The standard InChI is InChI=1S/C35H46N2O2/c1-3-5-8-11-29-14-18-33(19-15-29)35(38)37(28-32-16-20-34(21-17-32)39-26-6-4-2)36-24-22-31(23-25-36)27-30-12-9-7-10-13-30/h7,9-10,12-21,31H,3-6,8,11,22-28H2,1-2H3. The van der Waals surface area contributed by atoms with Gasteiger partial charge in [-0.3, -0.25) is 9.80 Å². The molecule has 39 heavy (non-hydrogen) atoms. The number of hydrogen-bond donors (Lipinski definition) is 0. The van der Waals surface area contributed by atoms with E-state index in [1.165, 1.54) is 30.4 Å². The highest BCUT2D eigenvalue weighted by molar-refractivity contribution is 5.94. The van der Waals surface area contributed by atoms with Crippen LogP contribution in [0.25, 0.3) is 0 Å². The van der Waals surface area contributed by atoms with Crippen molar-refractivity contribution in [2.45, 2.75) is 78.2 Å². The highest BCUT2D eigenvalue weighted by Crippen LogP contribution is 2.25. The fraction of sp³-hybridized carbons (Fsp3) is 0.457. The average Bonchev–Trinajstić information content (AvgIpc) is 2.98. The molecule has 0 bridgehead atoms. The molecule has 4 nitrogen and oxygen atoms in total. The zero-order valence-corrected chi connectivity index (χ0v) is 24.0. The Morgan fingerprint density at radius 1 is 0.795 bits per heavy atom. The fourth-order valence-corrected chi connectivity index (χ4v) is 5.35. The molecule has 0 unspecified atom stereocenters. The normalized spacial score (nSPS) is 14.3. The SMILES string of the molecule is CCCCCc1ccc(C(=O)N(Cc2ccc(OCCCC)cc2)N2CCC(Cc3ccccc3)CC2)cc1. The molecule has 208 valence electrons. The van der Waals surface area contributed by atoms with Crippen LogP contribution in [0.4, 0.5) is 0 Å². The van der Waals surface area contributed by atoms with E-state index < -0.39 is 0 Å². The molecule has 1 amide bonds. The van der Waals surface area contributed by atoms with E-state index in [1.54, 1.807) is 0 Å². The number of hydrogen-bond acceptors (Lipinski definition) is 3. The number of carbonyl (C=O) groups is 1. The number of amides is 1. The number of aryl methyl sites for hydroxylation is 1. The van der Waals surface area contributed by atoms with Gasteiger partial charge >= 0.3 is 0 Å². The second-order valence-electron chi connectivity index (χ2n) is 10.9. The third-order valence-electron chi connectivity index (χ3n) is 7.83. The van der Waals surface area contributed by atoms with Gasteiger partial charge in [-0.1, -0.05) is 87.7 Å². The van der Waals surface area contributed by atoms with Crippen molar-refractivity contribution >= 4 is 5.91 Å². The predicted octanol–water partition coefficient (Wildman–Crippen LogP) is 8.11. The van der Waals surface area contributed by atoms with Gasteiger partial charge in [0.2, 0.25) is 0 Å². The molecule has 1 fully saturated rings. The summed E-state index contributed by atoms with van der Waals surface area (Å²) in [4.78, 5) is 13.9. The lowest BCUT2D eigenvalue weighted by Gasteiger charge is -2.40. The summed E-state index contributed by atoms with van der Waals surface area (Å²) in [6.07, 6.45) is 10.2. The maximum absolute atomic E-state index is 13.9. The first kappa shape index (κ1) is 28.9. The van der Waals surface area contributed by atoms with E-state index in [2.05, 4.69) is 73.5 Å². The van der Waals surface area contributed by atoms with Gasteiger partial charge in [-0.15, -0.1) is 0 Å². The number of hydrazine groups is 1. The van der Waals surface area contributed by atoms with Crippen molar-refractivity contribution in [2.75, 3.05) is 19.7 Å². The lowest BCUT2D eigenvalue weighted by atomic mass is 9.90. The predicted molar refractivity (Wildman–Crippen MR) is 161 cm³/mol. The molecule has 1 aliphatic rings. The van der Waals surface area contributed by atoms with E-state index in [1.807, 2.05) is 29.3 Å². The molecule has 0 radical (unpaired) electrons. The zero-order valence-electron chi connectivity index (χ0n) is 24.0. The van der Waals surface area contributed by atoms with Gasteiger partial charge in [0.1, 0.15) is 5.75 Å². The summed E-state index contributed by atoms with van der Waals surface area (Å²) >= 11 is 0. The van der Waals surface area contributed by atoms with Crippen molar-refractivity contribution in [1.29, 1.82) is 0 Å². The largest absolute Gasteiger partial charge is 0.494 e. The number of rotatable bonds is 14. The minimum absolute atomic E-state index is 0.0832. The van der Waals surface area contributed by atoms with E-state index in [0.717, 1.165) is 75.1 Å². The zero-order chi connectivity index (χ0) is 27.3. The molecule has 0 atom stereocenters. The lowest BCUT2D eigenvalue weighted by Crippen LogP contribution is -2.49. The van der Waals surface area contributed by atoms with E-state index in [9.17, 15) is 4.79 Å². The smallest absolute Gasteiger partial charge is 0.268 e. The van der Waals surface area contributed by atoms with Crippen LogP contribution in [0.2, 0.25) is 0 Å². The first-order valence-electron chi connectivity index (χ1n) is 15.1. The lowest BCUT2D eigenvalue weighted by molar-refractivity contribution is -0.0351. The van der Waals surface area contributed by atoms with Crippen LogP contribution in [0.15, 0.2) is 78.9 Å². The molecule has 1 heterocycles. The van der Waals surface area contributed by atoms with Crippen molar-refractivity contribution in [3.05, 3.63) is 101 Å². The summed E-state index contributed by atoms with van der Waals surface area (Å²) in [7, 11) is 0. The van der Waals surface area contributed by atoms with Crippen molar-refractivity contribution in [2.24, 2.45) is 5.92 Å². The molecule has 0 N–H and O–H groups in total. The maximum Gasteiger partial charge on any atom is 0.268 e. The van der Waals surface area contributed by atoms with Crippen LogP contribution >= 0.6 is 0 Å². The van der Waals surface area contributed by atoms with Crippen molar-refractivity contribution in [1.82, 2.24) is 10.0 Å². The molecular formula is C35H46N2O2. The first-order chi connectivity index (χ1) is 19.2. The molecule has 0 aliphatic carbocycles. The van der Waals surface area contributed by atoms with Gasteiger partial charge in [-0.25, -0.2) is 5.01 Å². The van der Waals surface area contributed by atoms with Crippen LogP contribution in [0.1, 0.15) is 85.8 Å². The van der Waals surface area contributed by atoms with Gasteiger partial charge < -0.3 is 4.74 Å². The number of benzene rings is 3. The highest BCUT2D eigenvalue weighted by atomic mass is 16.5. The van der Waals surface area contributed by atoms with Gasteiger partial charge in [-0.05, 0) is 85.4 Å². The molecular weight excluding hydrogens is 480 g/mol. The third-order valence-corrected chi connectivity index (χ3v) is 7.83. The van der Waals surface area contributed by atoms with Gasteiger partial charge in [0.05, 0.1) is 13.2 Å². The molecule has 0 saturated carbocycles. The van der Waals surface area contributed by atoms with Crippen LogP contribution in [0, 0.1) is 5.92 Å². The van der Waals surface area contributed by atoms with Crippen LogP contribution < -0.4 is 4.74 Å². The maximum atomic E-state index is 13.9. The molecule has 4 rings (SSSR count). The molecule has 4 heteroatoms. The Kier molecular flexibility index (Phi) is 11.5. The number of piperidine rings is 1. The third kappa shape index (κ3) is 8.96. The Hall–Kier alpha value is -3.11. The topological polar surface area (TPSA) is 32.8 Å². The summed E-state index contributed by atoms with van der Waals surface area (Å²) in [6.45, 7) is 7.51. The first-order valence-corrected chi connectivity index (χ1v) is 15.1. The quantitative estimate of drug-likeness (QED) is 0.199. The molecule has 1 saturated heterocycles. The summed E-state index contributed by atoms with van der Waals surface area (Å²) in [6, 6.07) is 27.3. The summed E-state index contributed by atoms with van der Waals surface area (Å²) < 4.78 is 5.86. The van der Waals surface area contributed by atoms with E-state index in [4.69, 9.17) is 4.74 Å². The van der Waals surface area contributed by atoms with Crippen molar-refractivity contribution < 1.29 is 9.53 Å². The fourth-order valence-electron chi connectivity index (χ4n) is 5.35. The van der Waals surface area contributed by atoms with E-state index in [-0.39, 0.29) is 5.91 Å². The minimum atomic E-state index is 0.0832. The Labute approximate surface area is 236 Å². The van der Waals surface area contributed by atoms with Gasteiger partial charge in [0, 0.05) is 18.7 Å².